The molecule has 0 aromatic heterocycles. The van der Waals surface area contributed by atoms with E-state index in [1.54, 1.807) is 26.0 Å². The maximum atomic E-state index is 11.3. The van der Waals surface area contributed by atoms with Crippen LogP contribution in [-0.2, 0) is 162 Å². The second-order valence-electron chi connectivity index (χ2n) is 20.4. The minimum absolute atomic E-state index is 0.135. The van der Waals surface area contributed by atoms with E-state index < -0.39 is 89.0 Å². The first-order valence-electron chi connectivity index (χ1n) is 33.8. The Kier molecular flexibility index (Phi) is 84.3. The number of rotatable bonds is 56. The lowest BCUT2D eigenvalue weighted by molar-refractivity contribution is -0.165. The first-order chi connectivity index (χ1) is 54.3. The maximum Gasteiger partial charge on any atom is 0.333 e. The van der Waals surface area contributed by atoms with Crippen molar-refractivity contribution in [2.45, 2.75) is 58.8 Å². The number of carbonyl (C=O) groups is 16. The molecule has 0 aliphatic heterocycles. The van der Waals surface area contributed by atoms with Gasteiger partial charge in [0.05, 0.1) is 66.1 Å². The van der Waals surface area contributed by atoms with E-state index in [9.17, 15) is 76.7 Å². The maximum absolute atomic E-state index is 11.3. The summed E-state index contributed by atoms with van der Waals surface area (Å²) in [7, 11) is 0. The summed E-state index contributed by atoms with van der Waals surface area (Å²) in [5.74, 6) is -8.48. The average molecular weight is 1610 g/mol. The van der Waals surface area contributed by atoms with Gasteiger partial charge < -0.3 is 85.3 Å². The lowest BCUT2D eigenvalue weighted by Gasteiger charge is -2.31. The molecule has 34 heteroatoms. The molecule has 0 rings (SSSR count). The molecule has 0 atom stereocenters. The summed E-state index contributed by atoms with van der Waals surface area (Å²) in [6, 6.07) is 0. The van der Waals surface area contributed by atoms with E-state index in [1.165, 1.54) is 0 Å². The van der Waals surface area contributed by atoms with E-state index in [-0.39, 0.29) is 118 Å². The van der Waals surface area contributed by atoms with Crippen LogP contribution in [0.15, 0.2) is 214 Å². The molecule has 0 unspecified atom stereocenters. The Morgan fingerprint density at radius 2 is 0.377 bits per heavy atom. The Labute approximate surface area is 665 Å². The van der Waals surface area contributed by atoms with Crippen molar-refractivity contribution in [1.29, 1.82) is 0 Å². The molecule has 114 heavy (non-hydrogen) atoms. The molecule has 632 valence electrons. The van der Waals surface area contributed by atoms with Gasteiger partial charge in [-0.25, -0.2) is 76.7 Å². The van der Waals surface area contributed by atoms with Crippen LogP contribution >= 0.6 is 0 Å². The van der Waals surface area contributed by atoms with Crippen LogP contribution in [0.4, 0.5) is 0 Å². The van der Waals surface area contributed by atoms with Crippen molar-refractivity contribution in [1.82, 2.24) is 0 Å². The number of hydrogen-bond donors (Lipinski definition) is 0. The molecule has 0 aliphatic carbocycles. The first kappa shape index (κ1) is 114. The van der Waals surface area contributed by atoms with Gasteiger partial charge in [-0.3, -0.25) is 0 Å². The summed E-state index contributed by atoms with van der Waals surface area (Å²) in [4.78, 5) is 173. The second kappa shape index (κ2) is 84.0. The van der Waals surface area contributed by atoms with Gasteiger partial charge in [0.2, 0.25) is 0 Å². The number of unbranched alkanes of at least 4 members (excludes halogenated alkanes) is 4. The second-order valence-corrected chi connectivity index (χ2v) is 20.4. The molecule has 0 heterocycles. The van der Waals surface area contributed by atoms with E-state index in [2.05, 4.69) is 134 Å². The highest BCUT2D eigenvalue weighted by molar-refractivity contribution is 5.88. The van der Waals surface area contributed by atoms with E-state index in [0.29, 0.717) is 56.8 Å². The third-order valence-electron chi connectivity index (χ3n) is 11.1. The van der Waals surface area contributed by atoms with E-state index in [1.807, 2.05) is 0 Å². The van der Waals surface area contributed by atoms with Crippen LogP contribution in [0.5, 0.6) is 0 Å². The molecule has 0 radical (unpaired) electrons. The Morgan fingerprint density at radius 1 is 0.211 bits per heavy atom. The zero-order valence-electron chi connectivity index (χ0n) is 65.0. The summed E-state index contributed by atoms with van der Waals surface area (Å²) in [6.07, 6.45) is 23.1. The predicted molar refractivity (Wildman–Crippen MR) is 413 cm³/mol. The minimum Gasteiger partial charge on any atom is -0.463 e. The topological polar surface area (TPSA) is 439 Å². The molecule has 0 saturated carbocycles. The van der Waals surface area contributed by atoms with Crippen molar-refractivity contribution >= 4 is 95.5 Å². The zero-order chi connectivity index (χ0) is 88.0. The van der Waals surface area contributed by atoms with Crippen molar-refractivity contribution in [2.24, 2.45) is 5.41 Å². The van der Waals surface area contributed by atoms with Crippen molar-refractivity contribution in [2.75, 3.05) is 132 Å². The molecule has 0 bridgehead atoms. The van der Waals surface area contributed by atoms with Gasteiger partial charge in [0, 0.05) is 103 Å². The number of ether oxygens (including phenoxy) is 18. The number of hydrogen-bond acceptors (Lipinski definition) is 34. The van der Waals surface area contributed by atoms with Gasteiger partial charge in [0.25, 0.3) is 0 Å². The fourth-order valence-corrected chi connectivity index (χ4v) is 5.47. The van der Waals surface area contributed by atoms with Gasteiger partial charge in [-0.05, 0) is 64.5 Å². The Bertz CT molecular complexity index is 2910. The molecule has 34 nitrogen and oxygen atoms in total. The van der Waals surface area contributed by atoms with Crippen molar-refractivity contribution < 1.29 is 162 Å². The summed E-state index contributed by atoms with van der Waals surface area (Å²) in [5.41, 5.74) is -0.643. The molecule has 0 aromatic rings. The molecule has 0 spiro atoms. The monoisotopic (exact) mass is 1610 g/mol. The molecule has 0 amide bonds. The average Bonchev–Trinajstić information content (AvgIpc) is 0.854. The molecule has 0 N–H and O–H groups in total. The fourth-order valence-electron chi connectivity index (χ4n) is 5.47. The van der Waals surface area contributed by atoms with Gasteiger partial charge in [-0.2, -0.15) is 0 Å². The molecular formula is C80H108O34. The van der Waals surface area contributed by atoms with E-state index >= 15 is 0 Å². The summed E-state index contributed by atoms with van der Waals surface area (Å²) in [6.45, 7) is 57.8. The van der Waals surface area contributed by atoms with Crippen LogP contribution in [0.2, 0.25) is 0 Å². The number of esters is 16. The molecule has 0 aromatic carbocycles. The smallest absolute Gasteiger partial charge is 0.333 e. The van der Waals surface area contributed by atoms with Crippen LogP contribution in [0.3, 0.4) is 0 Å². The van der Waals surface area contributed by atoms with E-state index in [0.717, 1.165) is 111 Å². The van der Waals surface area contributed by atoms with Crippen LogP contribution in [-0.4, -0.2) is 228 Å². The lowest BCUT2D eigenvalue weighted by Crippen LogP contribution is -2.43. The third kappa shape index (κ3) is 87.9. The molecule has 0 aliphatic rings. The Balaban J connectivity index is -0.000000237. The first-order valence-corrected chi connectivity index (χ1v) is 33.8. The van der Waals surface area contributed by atoms with Crippen LogP contribution in [0, 0.1) is 5.41 Å². The van der Waals surface area contributed by atoms with Crippen LogP contribution in [0.25, 0.3) is 0 Å². The van der Waals surface area contributed by atoms with Crippen LogP contribution < -0.4 is 0 Å². The highest BCUT2D eigenvalue weighted by atomic mass is 16.6. The van der Waals surface area contributed by atoms with Crippen LogP contribution in [0.1, 0.15) is 58.8 Å². The molecule has 0 fully saturated rings. The summed E-state index contributed by atoms with van der Waals surface area (Å²) >= 11 is 0. The minimum atomic E-state index is -1.34. The Morgan fingerprint density at radius 3 is 0.579 bits per heavy atom. The molecule has 0 saturated heterocycles. The standard InChI is InChI=1S/C17H20O8.C12H18O5.C12H18O4.C10H14O5.C10H14O4.C10H12O4.C9H12O4/c1-5-13(18)22-9-17(10-23-14(19)6-2,11-24-15(20)7-3)12-25-16(21)8-4;1-9(2)11(13)16-7-5-15-6-8-17-12(14)10(3)4;1-3-11(13)15-9-7-5-6-8-10-16-12(14)4-2;1-3-9(11)14-7-5-13-6-8-15-10(12)4-2;2*1-3-9(11)13-7-5-6-8-14-10(12)4-2;1-3-8(10)12-6-5-7-13-9(11)4-2/h5-8H,1-4,9-12H2;1,3,5-8H2,2,4H3;3-4H,1-2,5-10H2;3-4H,1-2,5-8H2;3-4H,1-2,5-8H2;3-6H,1-2,7-8H2;3-4H,1-2,5-7H2/b;;;;;6-5-;. The summed E-state index contributed by atoms with van der Waals surface area (Å²) < 4.78 is 86.2. The lowest BCUT2D eigenvalue weighted by atomic mass is 9.92. The SMILES string of the molecule is C=C(C)C(=O)OCCOCCOC(=O)C(=C)C.C=CC(=O)OC/C=C\COC(=O)C=C.C=CC(=O)OCC(COC(=O)C=C)(COC(=O)C=C)COC(=O)C=C.C=CC(=O)OCCCCCCOC(=O)C=C.C=CC(=O)OCCCCOC(=O)C=C.C=CC(=O)OCCCOC(=O)C=C.C=CC(=O)OCCOCCOC(=O)C=C. The normalized spacial score (nSPS) is 9.32. The van der Waals surface area contributed by atoms with Gasteiger partial charge in [0.1, 0.15) is 71.5 Å². The largest absolute Gasteiger partial charge is 0.463 e. The summed E-state index contributed by atoms with van der Waals surface area (Å²) in [5, 5.41) is 0. The van der Waals surface area contributed by atoms with Crippen molar-refractivity contribution in [3.8, 4) is 0 Å². The fraction of sp³-hybridized carbons (Fsp3) is 0.375. The number of carbonyl (C=O) groups excluding carboxylic acids is 16. The van der Waals surface area contributed by atoms with E-state index in [4.69, 9.17) is 56.8 Å². The van der Waals surface area contributed by atoms with Crippen molar-refractivity contribution in [3.05, 3.63) is 214 Å². The van der Waals surface area contributed by atoms with Gasteiger partial charge in [-0.15, -0.1) is 0 Å². The Hall–Kier alpha value is -13.0. The molecular weight excluding hydrogens is 1500 g/mol. The highest BCUT2D eigenvalue weighted by Gasteiger charge is 2.37. The van der Waals surface area contributed by atoms with Crippen molar-refractivity contribution in [3.63, 3.8) is 0 Å². The third-order valence-corrected chi connectivity index (χ3v) is 11.1. The zero-order valence-corrected chi connectivity index (χ0v) is 65.0. The quantitative estimate of drug-likeness (QED) is 0.0185. The van der Waals surface area contributed by atoms with Gasteiger partial charge >= 0.3 is 95.5 Å². The predicted octanol–water partition coefficient (Wildman–Crippen LogP) is 7.66. The van der Waals surface area contributed by atoms with Gasteiger partial charge in [0.15, 0.2) is 0 Å². The highest BCUT2D eigenvalue weighted by Crippen LogP contribution is 2.22. The van der Waals surface area contributed by atoms with Gasteiger partial charge in [-0.1, -0.05) is 105 Å².